The molecule has 0 saturated carbocycles. The van der Waals surface area contributed by atoms with Crippen LogP contribution in [0.25, 0.3) is 0 Å². The van der Waals surface area contributed by atoms with Crippen molar-refractivity contribution < 1.29 is 9.32 Å². The molecule has 0 N–H and O–H groups in total. The quantitative estimate of drug-likeness (QED) is 0.869. The molecular formula is C14H19N3O2S. The van der Waals surface area contributed by atoms with E-state index < -0.39 is 0 Å². The average Bonchev–Trinajstić information content (AvgIpc) is 2.85. The Morgan fingerprint density at radius 2 is 2.00 bits per heavy atom. The van der Waals surface area contributed by atoms with Crippen molar-refractivity contribution in [1.82, 2.24) is 15.0 Å². The molecule has 0 aliphatic carbocycles. The molecule has 2 heterocycles. The Morgan fingerprint density at radius 3 is 2.50 bits per heavy atom. The van der Waals surface area contributed by atoms with Crippen LogP contribution in [0.2, 0.25) is 0 Å². The molecule has 0 aliphatic heterocycles. The summed E-state index contributed by atoms with van der Waals surface area (Å²) in [7, 11) is 1.79. The molecule has 6 heteroatoms. The van der Waals surface area contributed by atoms with E-state index in [9.17, 15) is 4.79 Å². The third-order valence-corrected chi connectivity index (χ3v) is 4.25. The van der Waals surface area contributed by atoms with E-state index in [0.29, 0.717) is 13.0 Å². The van der Waals surface area contributed by atoms with E-state index in [4.69, 9.17) is 4.52 Å². The second-order valence-electron chi connectivity index (χ2n) is 4.97. The fourth-order valence-corrected chi connectivity index (χ4v) is 2.90. The van der Waals surface area contributed by atoms with Crippen molar-refractivity contribution in [2.45, 2.75) is 40.7 Å². The molecule has 108 valence electrons. The van der Waals surface area contributed by atoms with Crippen molar-refractivity contribution in [3.8, 4) is 0 Å². The number of carbonyl (C=O) groups excluding carboxylic acids is 1. The highest BCUT2D eigenvalue weighted by molar-refractivity contribution is 7.11. The van der Waals surface area contributed by atoms with Gasteiger partial charge in [0.25, 0.3) is 0 Å². The summed E-state index contributed by atoms with van der Waals surface area (Å²) in [4.78, 5) is 19.5. The lowest BCUT2D eigenvalue weighted by atomic mass is 10.2. The van der Waals surface area contributed by atoms with Gasteiger partial charge in [-0.2, -0.15) is 0 Å². The molecule has 0 unspecified atom stereocenters. The van der Waals surface area contributed by atoms with Gasteiger partial charge in [-0.25, -0.2) is 4.98 Å². The van der Waals surface area contributed by atoms with Crippen LogP contribution in [0.5, 0.6) is 0 Å². The third-order valence-electron chi connectivity index (χ3n) is 3.32. The standard InChI is InChI=1S/C14H19N3O2S/c1-8-12(9(2)19-16-8)7-17(5)14(18)6-13-10(3)20-11(4)15-13/h6-7H2,1-5H3. The van der Waals surface area contributed by atoms with E-state index in [1.807, 2.05) is 27.7 Å². The third kappa shape index (κ3) is 3.07. The van der Waals surface area contributed by atoms with Gasteiger partial charge in [-0.3, -0.25) is 4.79 Å². The van der Waals surface area contributed by atoms with E-state index in [1.165, 1.54) is 0 Å². The van der Waals surface area contributed by atoms with Crippen molar-refractivity contribution in [2.75, 3.05) is 7.05 Å². The van der Waals surface area contributed by atoms with Crippen LogP contribution in [0.4, 0.5) is 0 Å². The van der Waals surface area contributed by atoms with Gasteiger partial charge in [0.05, 0.1) is 29.4 Å². The van der Waals surface area contributed by atoms with Gasteiger partial charge >= 0.3 is 0 Å². The molecule has 2 aromatic rings. The van der Waals surface area contributed by atoms with Gasteiger partial charge in [-0.05, 0) is 27.7 Å². The van der Waals surface area contributed by atoms with Gasteiger partial charge < -0.3 is 9.42 Å². The van der Waals surface area contributed by atoms with Crippen molar-refractivity contribution in [2.24, 2.45) is 0 Å². The molecule has 0 radical (unpaired) electrons. The summed E-state index contributed by atoms with van der Waals surface area (Å²) < 4.78 is 5.12. The summed E-state index contributed by atoms with van der Waals surface area (Å²) in [5.74, 6) is 0.821. The van der Waals surface area contributed by atoms with Crippen LogP contribution in [0.15, 0.2) is 4.52 Å². The summed E-state index contributed by atoms with van der Waals surface area (Å²) in [5, 5.41) is 4.91. The fraction of sp³-hybridized carbons (Fsp3) is 0.500. The first-order valence-corrected chi connectivity index (χ1v) is 7.28. The zero-order valence-electron chi connectivity index (χ0n) is 12.5. The lowest BCUT2D eigenvalue weighted by molar-refractivity contribution is -0.129. The molecule has 1 amide bonds. The van der Waals surface area contributed by atoms with Gasteiger partial charge in [-0.1, -0.05) is 5.16 Å². The number of thiazole rings is 1. The molecule has 2 aromatic heterocycles. The summed E-state index contributed by atoms with van der Waals surface area (Å²) in [6.07, 6.45) is 0.343. The van der Waals surface area contributed by atoms with Crippen molar-refractivity contribution in [3.63, 3.8) is 0 Å². The van der Waals surface area contributed by atoms with Crippen LogP contribution in [0.3, 0.4) is 0 Å². The number of rotatable bonds is 4. The number of carbonyl (C=O) groups is 1. The number of amides is 1. The fourth-order valence-electron chi connectivity index (χ4n) is 2.07. The highest BCUT2D eigenvalue weighted by atomic mass is 32.1. The van der Waals surface area contributed by atoms with Gasteiger partial charge in [0.1, 0.15) is 5.76 Å². The van der Waals surface area contributed by atoms with Crippen molar-refractivity contribution >= 4 is 17.2 Å². The Balaban J connectivity index is 2.04. The second kappa shape index (κ2) is 5.75. The number of aromatic nitrogens is 2. The largest absolute Gasteiger partial charge is 0.361 e. The molecule has 5 nitrogen and oxygen atoms in total. The summed E-state index contributed by atoms with van der Waals surface area (Å²) >= 11 is 1.63. The van der Waals surface area contributed by atoms with Gasteiger partial charge in [0.15, 0.2) is 0 Å². The van der Waals surface area contributed by atoms with E-state index in [1.54, 1.807) is 23.3 Å². The van der Waals surface area contributed by atoms with Gasteiger partial charge in [0, 0.05) is 17.5 Å². The van der Waals surface area contributed by atoms with E-state index in [0.717, 1.165) is 32.6 Å². The maximum atomic E-state index is 12.3. The molecule has 0 fully saturated rings. The molecule has 0 bridgehead atoms. The maximum Gasteiger partial charge on any atom is 0.228 e. The average molecular weight is 293 g/mol. The zero-order valence-corrected chi connectivity index (χ0v) is 13.3. The van der Waals surface area contributed by atoms with Gasteiger partial charge in [-0.15, -0.1) is 11.3 Å². The second-order valence-corrected chi connectivity index (χ2v) is 6.37. The van der Waals surface area contributed by atoms with Crippen LogP contribution >= 0.6 is 11.3 Å². The topological polar surface area (TPSA) is 59.2 Å². The zero-order chi connectivity index (χ0) is 14.9. The number of aryl methyl sites for hydroxylation is 4. The van der Waals surface area contributed by atoms with Crippen LogP contribution in [-0.4, -0.2) is 28.0 Å². The van der Waals surface area contributed by atoms with Crippen LogP contribution in [-0.2, 0) is 17.8 Å². The van der Waals surface area contributed by atoms with E-state index in [2.05, 4.69) is 10.1 Å². The van der Waals surface area contributed by atoms with Crippen LogP contribution in [0, 0.1) is 27.7 Å². The van der Waals surface area contributed by atoms with Crippen LogP contribution in [0.1, 0.15) is 32.6 Å². The predicted molar refractivity (Wildman–Crippen MR) is 77.7 cm³/mol. The number of hydrogen-bond donors (Lipinski definition) is 0. The lowest BCUT2D eigenvalue weighted by Crippen LogP contribution is -2.28. The van der Waals surface area contributed by atoms with E-state index in [-0.39, 0.29) is 5.91 Å². The van der Waals surface area contributed by atoms with Crippen molar-refractivity contribution in [3.05, 3.63) is 32.6 Å². The molecule has 0 spiro atoms. The Hall–Kier alpha value is -1.69. The molecule has 2 rings (SSSR count). The summed E-state index contributed by atoms with van der Waals surface area (Å²) in [5.41, 5.74) is 2.69. The summed E-state index contributed by atoms with van der Waals surface area (Å²) in [6, 6.07) is 0. The molecule has 0 saturated heterocycles. The Morgan fingerprint density at radius 1 is 1.30 bits per heavy atom. The number of hydrogen-bond acceptors (Lipinski definition) is 5. The molecule has 0 atom stereocenters. The van der Waals surface area contributed by atoms with Crippen molar-refractivity contribution in [1.29, 1.82) is 0 Å². The normalized spacial score (nSPS) is 10.8. The SMILES string of the molecule is Cc1nc(CC(=O)N(C)Cc2c(C)noc2C)c(C)s1. The highest BCUT2D eigenvalue weighted by Gasteiger charge is 2.17. The molecule has 0 aliphatic rings. The smallest absolute Gasteiger partial charge is 0.228 e. The minimum atomic E-state index is 0.0541. The van der Waals surface area contributed by atoms with E-state index >= 15 is 0 Å². The maximum absolute atomic E-state index is 12.3. The first-order valence-electron chi connectivity index (χ1n) is 6.47. The monoisotopic (exact) mass is 293 g/mol. The molecular weight excluding hydrogens is 274 g/mol. The highest BCUT2D eigenvalue weighted by Crippen LogP contribution is 2.18. The summed E-state index contributed by atoms with van der Waals surface area (Å²) in [6.45, 7) is 8.22. The Labute approximate surface area is 122 Å². The molecule has 0 aromatic carbocycles. The van der Waals surface area contributed by atoms with Gasteiger partial charge in [0.2, 0.25) is 5.91 Å². The number of nitrogens with zero attached hydrogens (tertiary/aromatic N) is 3. The first kappa shape index (κ1) is 14.7. The predicted octanol–water partition coefficient (Wildman–Crippen LogP) is 2.57. The minimum absolute atomic E-state index is 0.0541. The molecule has 20 heavy (non-hydrogen) atoms. The minimum Gasteiger partial charge on any atom is -0.361 e. The Kier molecular flexibility index (Phi) is 4.23. The Bertz CT molecular complexity index is 611. The number of likely N-dealkylation sites (N-methyl/N-ethyl adjacent to an activating group) is 1. The first-order chi connectivity index (χ1) is 9.38. The lowest BCUT2D eigenvalue weighted by Gasteiger charge is -2.16. The van der Waals surface area contributed by atoms with Crippen LogP contribution < -0.4 is 0 Å².